The van der Waals surface area contributed by atoms with Gasteiger partial charge in [-0.05, 0) is 74.1 Å². The molecule has 0 atom stereocenters. The molecule has 27 heavy (non-hydrogen) atoms. The van der Waals surface area contributed by atoms with Crippen molar-refractivity contribution in [2.45, 2.75) is 0 Å². The van der Waals surface area contributed by atoms with Crippen LogP contribution in [0.5, 0.6) is 0 Å². The first-order chi connectivity index (χ1) is 13.3. The standard InChI is InChI=1S/C26H17Cl/c27-26-16-24(22-11-9-18-5-1-3-7-20(18)13-22)15-25(17-26)23-12-10-19-6-2-4-8-21(19)14-23/h1-17H. The van der Waals surface area contributed by atoms with E-state index in [1.807, 2.05) is 12.1 Å². The highest BCUT2D eigenvalue weighted by atomic mass is 35.5. The van der Waals surface area contributed by atoms with Gasteiger partial charge in [-0.15, -0.1) is 0 Å². The highest BCUT2D eigenvalue weighted by Crippen LogP contribution is 2.33. The first-order valence-electron chi connectivity index (χ1n) is 9.05. The van der Waals surface area contributed by atoms with Crippen molar-refractivity contribution < 1.29 is 0 Å². The Kier molecular flexibility index (Phi) is 3.92. The van der Waals surface area contributed by atoms with E-state index in [1.165, 1.54) is 32.7 Å². The van der Waals surface area contributed by atoms with Crippen LogP contribution < -0.4 is 0 Å². The number of fused-ring (bicyclic) bond motifs is 2. The van der Waals surface area contributed by atoms with Crippen LogP contribution in [0.2, 0.25) is 5.02 Å². The molecule has 0 bridgehead atoms. The smallest absolute Gasteiger partial charge is 0.0418 e. The second-order valence-corrected chi connectivity index (χ2v) is 7.29. The molecule has 0 fully saturated rings. The van der Waals surface area contributed by atoms with Crippen molar-refractivity contribution in [3.8, 4) is 22.3 Å². The molecule has 0 spiro atoms. The summed E-state index contributed by atoms with van der Waals surface area (Å²) in [6.45, 7) is 0. The van der Waals surface area contributed by atoms with Crippen molar-refractivity contribution in [2.24, 2.45) is 0 Å². The van der Waals surface area contributed by atoms with Crippen molar-refractivity contribution in [3.63, 3.8) is 0 Å². The van der Waals surface area contributed by atoms with Gasteiger partial charge in [0, 0.05) is 5.02 Å². The molecule has 0 saturated heterocycles. The van der Waals surface area contributed by atoms with Crippen LogP contribution in [0.3, 0.4) is 0 Å². The largest absolute Gasteiger partial charge is 0.0843 e. The fourth-order valence-corrected chi connectivity index (χ4v) is 3.90. The van der Waals surface area contributed by atoms with E-state index < -0.39 is 0 Å². The number of halogens is 1. The third kappa shape index (κ3) is 3.09. The van der Waals surface area contributed by atoms with Gasteiger partial charge in [0.25, 0.3) is 0 Å². The van der Waals surface area contributed by atoms with Gasteiger partial charge in [0.1, 0.15) is 0 Å². The van der Waals surface area contributed by atoms with Gasteiger partial charge in [0.05, 0.1) is 0 Å². The van der Waals surface area contributed by atoms with Crippen LogP contribution in [-0.4, -0.2) is 0 Å². The summed E-state index contributed by atoms with van der Waals surface area (Å²) in [5.41, 5.74) is 4.63. The van der Waals surface area contributed by atoms with Crippen LogP contribution in [0.15, 0.2) is 103 Å². The van der Waals surface area contributed by atoms with Gasteiger partial charge in [-0.1, -0.05) is 84.4 Å². The quantitative estimate of drug-likeness (QED) is 0.298. The van der Waals surface area contributed by atoms with E-state index in [-0.39, 0.29) is 0 Å². The topological polar surface area (TPSA) is 0 Å². The maximum absolute atomic E-state index is 6.49. The van der Waals surface area contributed by atoms with Crippen LogP contribution in [0.25, 0.3) is 43.8 Å². The fraction of sp³-hybridized carbons (Fsp3) is 0. The number of hydrogen-bond donors (Lipinski definition) is 0. The molecule has 0 nitrogen and oxygen atoms in total. The van der Waals surface area contributed by atoms with Crippen molar-refractivity contribution >= 4 is 33.1 Å². The normalized spacial score (nSPS) is 11.1. The van der Waals surface area contributed by atoms with Gasteiger partial charge in [-0.25, -0.2) is 0 Å². The summed E-state index contributed by atoms with van der Waals surface area (Å²) in [5, 5.41) is 5.73. The molecule has 0 aromatic heterocycles. The third-order valence-corrected chi connectivity index (χ3v) is 5.28. The Hall–Kier alpha value is -3.09. The molecule has 128 valence electrons. The molecule has 0 heterocycles. The summed E-state index contributed by atoms with van der Waals surface area (Å²) >= 11 is 6.49. The van der Waals surface area contributed by atoms with Gasteiger partial charge in [0.2, 0.25) is 0 Å². The maximum atomic E-state index is 6.49. The predicted molar refractivity (Wildman–Crippen MR) is 117 cm³/mol. The first kappa shape index (κ1) is 16.1. The Bertz CT molecular complexity index is 1190. The summed E-state index contributed by atoms with van der Waals surface area (Å²) in [7, 11) is 0. The molecule has 0 aliphatic heterocycles. The van der Waals surface area contributed by atoms with E-state index in [4.69, 9.17) is 11.6 Å². The lowest BCUT2D eigenvalue weighted by Crippen LogP contribution is -1.84. The molecule has 1 heteroatoms. The summed E-state index contributed by atoms with van der Waals surface area (Å²) in [5.74, 6) is 0. The molecule has 0 aliphatic carbocycles. The SMILES string of the molecule is Clc1cc(-c2ccc3ccccc3c2)cc(-c2ccc3ccccc3c2)c1. The molecule has 0 amide bonds. The number of hydrogen-bond acceptors (Lipinski definition) is 0. The molecule has 0 aliphatic rings. The lowest BCUT2D eigenvalue weighted by atomic mass is 9.96. The van der Waals surface area contributed by atoms with E-state index in [0.29, 0.717) is 0 Å². The van der Waals surface area contributed by atoms with Gasteiger partial charge in [-0.3, -0.25) is 0 Å². The summed E-state index contributed by atoms with van der Waals surface area (Å²) in [6.07, 6.45) is 0. The molecule has 5 aromatic carbocycles. The Morgan fingerprint density at radius 1 is 0.370 bits per heavy atom. The minimum Gasteiger partial charge on any atom is -0.0843 e. The summed E-state index contributed by atoms with van der Waals surface area (Å²) in [6, 6.07) is 36.3. The maximum Gasteiger partial charge on any atom is 0.0418 e. The fourth-order valence-electron chi connectivity index (χ4n) is 3.66. The molecule has 5 rings (SSSR count). The lowest BCUT2D eigenvalue weighted by molar-refractivity contribution is 1.61. The van der Waals surface area contributed by atoms with Crippen molar-refractivity contribution in [1.82, 2.24) is 0 Å². The van der Waals surface area contributed by atoms with Crippen LogP contribution >= 0.6 is 11.6 Å². The second-order valence-electron chi connectivity index (χ2n) is 6.85. The van der Waals surface area contributed by atoms with Crippen molar-refractivity contribution in [2.75, 3.05) is 0 Å². The zero-order chi connectivity index (χ0) is 18.2. The molecular formula is C26H17Cl. The molecule has 0 radical (unpaired) electrons. The van der Waals surface area contributed by atoms with Gasteiger partial charge in [-0.2, -0.15) is 0 Å². The monoisotopic (exact) mass is 364 g/mol. The number of benzene rings is 5. The van der Waals surface area contributed by atoms with Crippen LogP contribution in [-0.2, 0) is 0 Å². The third-order valence-electron chi connectivity index (χ3n) is 5.06. The minimum absolute atomic E-state index is 0.754. The minimum atomic E-state index is 0.754. The van der Waals surface area contributed by atoms with Gasteiger partial charge < -0.3 is 0 Å². The summed E-state index contributed by atoms with van der Waals surface area (Å²) in [4.78, 5) is 0. The summed E-state index contributed by atoms with van der Waals surface area (Å²) < 4.78 is 0. The van der Waals surface area contributed by atoms with Crippen LogP contribution in [0.4, 0.5) is 0 Å². The zero-order valence-electron chi connectivity index (χ0n) is 14.7. The lowest BCUT2D eigenvalue weighted by Gasteiger charge is -2.10. The Balaban J connectivity index is 1.64. The molecule has 0 unspecified atom stereocenters. The first-order valence-corrected chi connectivity index (χ1v) is 9.43. The Morgan fingerprint density at radius 2 is 0.815 bits per heavy atom. The molecule has 0 saturated carbocycles. The Morgan fingerprint density at radius 3 is 1.30 bits per heavy atom. The predicted octanol–water partition coefficient (Wildman–Crippen LogP) is 7.98. The van der Waals surface area contributed by atoms with Crippen molar-refractivity contribution in [3.05, 3.63) is 108 Å². The van der Waals surface area contributed by atoms with E-state index >= 15 is 0 Å². The molecule has 5 aromatic rings. The van der Waals surface area contributed by atoms with Gasteiger partial charge in [0.15, 0.2) is 0 Å². The Labute approximate surface area is 163 Å². The van der Waals surface area contributed by atoms with Gasteiger partial charge >= 0.3 is 0 Å². The molecular weight excluding hydrogens is 348 g/mol. The van der Waals surface area contributed by atoms with Crippen LogP contribution in [0, 0.1) is 0 Å². The number of rotatable bonds is 2. The average molecular weight is 365 g/mol. The van der Waals surface area contributed by atoms with E-state index in [9.17, 15) is 0 Å². The zero-order valence-corrected chi connectivity index (χ0v) is 15.4. The van der Waals surface area contributed by atoms with E-state index in [2.05, 4.69) is 91.0 Å². The highest BCUT2D eigenvalue weighted by molar-refractivity contribution is 6.31. The van der Waals surface area contributed by atoms with Crippen molar-refractivity contribution in [1.29, 1.82) is 0 Å². The highest BCUT2D eigenvalue weighted by Gasteiger charge is 2.06. The average Bonchev–Trinajstić information content (AvgIpc) is 2.72. The van der Waals surface area contributed by atoms with E-state index in [1.54, 1.807) is 0 Å². The molecule has 0 N–H and O–H groups in total. The second kappa shape index (κ2) is 6.57. The van der Waals surface area contributed by atoms with E-state index in [0.717, 1.165) is 16.1 Å². The van der Waals surface area contributed by atoms with Crippen LogP contribution in [0.1, 0.15) is 0 Å².